The molecule has 2 aromatic heterocycles. The molecule has 2 aliphatic heterocycles. The van der Waals surface area contributed by atoms with E-state index in [0.717, 1.165) is 27.8 Å². The van der Waals surface area contributed by atoms with Crippen LogP contribution in [0.2, 0.25) is 0 Å². The summed E-state index contributed by atoms with van der Waals surface area (Å²) in [6.07, 6.45) is 5.79. The van der Waals surface area contributed by atoms with Crippen molar-refractivity contribution in [2.75, 3.05) is 0 Å². The monoisotopic (exact) mass is 650 g/mol. The van der Waals surface area contributed by atoms with Crippen molar-refractivity contribution in [2.24, 2.45) is 5.92 Å². The molecule has 0 unspecified atom stereocenters. The highest BCUT2D eigenvalue weighted by molar-refractivity contribution is 7.84. The van der Waals surface area contributed by atoms with Crippen LogP contribution in [-0.4, -0.2) is 49.2 Å². The molecular formula is C33H38N4O6S2. The topological polar surface area (TPSA) is 164 Å². The number of H-pyrrole nitrogens is 2. The fourth-order valence-electron chi connectivity index (χ4n) is 5.91. The number of nitrogens with one attached hydrogen (secondary N) is 4. The molecule has 0 saturated carbocycles. The van der Waals surface area contributed by atoms with Crippen molar-refractivity contribution < 1.29 is 29.4 Å². The van der Waals surface area contributed by atoms with E-state index in [1.165, 1.54) is 0 Å². The average molecular weight is 651 g/mol. The van der Waals surface area contributed by atoms with Gasteiger partial charge in [-0.05, 0) is 86.6 Å². The molecular weight excluding hydrogens is 613 g/mol. The number of aliphatic carboxylic acids is 2. The second-order valence-corrected chi connectivity index (χ2v) is 12.8. The summed E-state index contributed by atoms with van der Waals surface area (Å²) >= 11 is 8.85. The van der Waals surface area contributed by atoms with E-state index in [1.54, 1.807) is 13.0 Å². The Morgan fingerprint density at radius 3 is 2.07 bits per heavy atom. The zero-order valence-electron chi connectivity index (χ0n) is 25.8. The normalized spacial score (nSPS) is 19.2. The van der Waals surface area contributed by atoms with Crippen LogP contribution >= 0.6 is 25.3 Å². The molecule has 0 bridgehead atoms. The van der Waals surface area contributed by atoms with Crippen LogP contribution in [0, 0.1) is 19.8 Å². The van der Waals surface area contributed by atoms with Gasteiger partial charge in [0, 0.05) is 61.9 Å². The molecule has 238 valence electrons. The maximum Gasteiger partial charge on any atom is 0.303 e. The van der Waals surface area contributed by atoms with Crippen molar-refractivity contribution in [3.05, 3.63) is 83.9 Å². The van der Waals surface area contributed by atoms with E-state index in [4.69, 9.17) is 0 Å². The van der Waals surface area contributed by atoms with Gasteiger partial charge < -0.3 is 30.8 Å². The Morgan fingerprint density at radius 1 is 0.889 bits per heavy atom. The Morgan fingerprint density at radius 2 is 1.51 bits per heavy atom. The summed E-state index contributed by atoms with van der Waals surface area (Å²) in [5.74, 6) is -2.61. The molecule has 0 radical (unpaired) electrons. The van der Waals surface area contributed by atoms with Gasteiger partial charge in [-0.25, -0.2) is 0 Å². The number of hydrogen-bond acceptors (Lipinski definition) is 6. The van der Waals surface area contributed by atoms with Crippen LogP contribution in [0.1, 0.15) is 67.3 Å². The number of carbonyl (C=O) groups excluding carboxylic acids is 2. The van der Waals surface area contributed by atoms with Crippen LogP contribution < -0.4 is 21.3 Å². The Bertz CT molecular complexity index is 1850. The third kappa shape index (κ3) is 7.07. The third-order valence-electron chi connectivity index (χ3n) is 8.38. The maximum absolute atomic E-state index is 12.6. The predicted octanol–water partition coefficient (Wildman–Crippen LogP) is 3.17. The molecule has 0 fully saturated rings. The molecule has 4 rings (SSSR count). The van der Waals surface area contributed by atoms with Crippen molar-refractivity contribution in [3.63, 3.8) is 0 Å². The highest BCUT2D eigenvalue weighted by Gasteiger charge is 2.32. The number of carbonyl (C=O) groups is 4. The molecule has 4 heterocycles. The van der Waals surface area contributed by atoms with Gasteiger partial charge in [-0.15, -0.1) is 12.6 Å². The number of hydrogen-bond donors (Lipinski definition) is 8. The second-order valence-electron chi connectivity index (χ2n) is 11.5. The average Bonchev–Trinajstić information content (AvgIpc) is 3.59. The van der Waals surface area contributed by atoms with Crippen LogP contribution in [0.25, 0.3) is 18.2 Å². The van der Waals surface area contributed by atoms with E-state index in [9.17, 15) is 29.4 Å². The minimum absolute atomic E-state index is 0.0918. The quantitative estimate of drug-likeness (QED) is 0.174. The van der Waals surface area contributed by atoms with Gasteiger partial charge in [0.15, 0.2) is 0 Å². The number of aromatic amines is 2. The van der Waals surface area contributed by atoms with Crippen LogP contribution in [0.5, 0.6) is 0 Å². The lowest BCUT2D eigenvalue weighted by atomic mass is 9.98. The first-order valence-corrected chi connectivity index (χ1v) is 15.4. The lowest BCUT2D eigenvalue weighted by Crippen LogP contribution is -2.26. The lowest BCUT2D eigenvalue weighted by molar-refractivity contribution is -0.138. The van der Waals surface area contributed by atoms with Crippen LogP contribution in [0.15, 0.2) is 39.6 Å². The molecule has 2 amide bonds. The molecule has 45 heavy (non-hydrogen) atoms. The van der Waals surface area contributed by atoms with Gasteiger partial charge in [0.25, 0.3) is 5.91 Å². The Hall–Kier alpha value is -4.16. The highest BCUT2D eigenvalue weighted by Crippen LogP contribution is 2.32. The van der Waals surface area contributed by atoms with Crippen molar-refractivity contribution in [2.45, 2.75) is 65.6 Å². The first kappa shape index (κ1) is 33.7. The molecule has 12 heteroatoms. The predicted molar refractivity (Wildman–Crippen MR) is 180 cm³/mol. The Balaban J connectivity index is 1.92. The smallest absolute Gasteiger partial charge is 0.303 e. The minimum Gasteiger partial charge on any atom is -0.481 e. The summed E-state index contributed by atoms with van der Waals surface area (Å²) in [7, 11) is 0. The summed E-state index contributed by atoms with van der Waals surface area (Å²) in [6, 6.07) is 0. The second kappa shape index (κ2) is 13.5. The largest absolute Gasteiger partial charge is 0.481 e. The summed E-state index contributed by atoms with van der Waals surface area (Å²) in [6.45, 7) is 13.1. The van der Waals surface area contributed by atoms with Gasteiger partial charge in [-0.2, -0.15) is 12.6 Å². The molecule has 0 aromatic carbocycles. The summed E-state index contributed by atoms with van der Waals surface area (Å²) in [5, 5.41) is 25.9. The van der Waals surface area contributed by atoms with E-state index in [0.29, 0.717) is 49.5 Å². The summed E-state index contributed by atoms with van der Waals surface area (Å²) in [4.78, 5) is 55.4. The van der Waals surface area contributed by atoms with E-state index < -0.39 is 11.9 Å². The number of thiol groups is 2. The van der Waals surface area contributed by atoms with Crippen LogP contribution in [-0.2, 0) is 32.0 Å². The number of rotatable bonds is 11. The van der Waals surface area contributed by atoms with Crippen molar-refractivity contribution in [3.8, 4) is 0 Å². The highest BCUT2D eigenvalue weighted by atomic mass is 32.1. The van der Waals surface area contributed by atoms with Gasteiger partial charge >= 0.3 is 11.9 Å². The van der Waals surface area contributed by atoms with Gasteiger partial charge in [0.05, 0.1) is 11.6 Å². The lowest BCUT2D eigenvalue weighted by Gasteiger charge is -2.11. The molecule has 0 aliphatic carbocycles. The van der Waals surface area contributed by atoms with Gasteiger partial charge in [0.2, 0.25) is 5.91 Å². The zero-order valence-corrected chi connectivity index (χ0v) is 27.6. The molecule has 0 saturated heterocycles. The fourth-order valence-corrected chi connectivity index (χ4v) is 6.56. The first-order chi connectivity index (χ1) is 21.1. The summed E-state index contributed by atoms with van der Waals surface area (Å²) < 4.78 is 0. The Kier molecular flexibility index (Phi) is 10.1. The van der Waals surface area contributed by atoms with E-state index in [2.05, 4.69) is 52.4 Å². The maximum atomic E-state index is 12.6. The van der Waals surface area contributed by atoms with E-state index in [-0.39, 0.29) is 48.7 Å². The first-order valence-electron chi connectivity index (χ1n) is 14.5. The van der Waals surface area contributed by atoms with Crippen molar-refractivity contribution in [1.29, 1.82) is 0 Å². The SMILES string of the molecule is C=C(S)C1=C(C)C(=O)N/C1=C\c1[nH]c(/C=c2\[nH]/c(=C/C3=C(C)[C@@H]([C@H](C)S)C(=O)N3)c(C)c2CCC(=O)O)c(CCC(=O)O)c1C. The van der Waals surface area contributed by atoms with Crippen molar-refractivity contribution >= 4 is 67.2 Å². The minimum atomic E-state index is -0.942. The van der Waals surface area contributed by atoms with Gasteiger partial charge in [-0.1, -0.05) is 13.5 Å². The molecule has 10 nitrogen and oxygen atoms in total. The number of carboxylic acid groups (broad SMARTS) is 2. The number of allylic oxidation sites excluding steroid dienone is 2. The van der Waals surface area contributed by atoms with Crippen LogP contribution in [0.3, 0.4) is 0 Å². The molecule has 2 atom stereocenters. The van der Waals surface area contributed by atoms with Crippen LogP contribution in [0.4, 0.5) is 0 Å². The zero-order chi connectivity index (χ0) is 33.3. The molecule has 6 N–H and O–H groups in total. The molecule has 2 aromatic rings. The molecule has 0 spiro atoms. The van der Waals surface area contributed by atoms with Gasteiger partial charge in [0.1, 0.15) is 0 Å². The fraction of sp³-hybridized carbons (Fsp3) is 0.333. The standard InChI is InChI=1S/C33H38N4O6S2/c1-14-20(7-9-28(38)39)25(34-22(14)11-24-16(3)31(19(6)45)33(43)36-24)13-26-21(8-10-29(40)41)15(2)23(35-26)12-27-30(18(5)44)17(4)32(42)37-27/h11-13,19,31,34-35,44-45H,5,7-10H2,1-4,6H3,(H,36,43)(H,37,42)(H,38,39)(H,40,41)/b22-11+,25-13-,27-12-/t19-,31-/m0/s1. The Labute approximate surface area is 272 Å². The molecule has 2 aliphatic rings. The van der Waals surface area contributed by atoms with E-state index >= 15 is 0 Å². The number of amides is 2. The van der Waals surface area contributed by atoms with Crippen molar-refractivity contribution in [1.82, 2.24) is 20.6 Å². The van der Waals surface area contributed by atoms with E-state index in [1.807, 2.05) is 39.8 Å². The summed E-state index contributed by atoms with van der Waals surface area (Å²) in [5.41, 5.74) is 7.69. The number of aromatic nitrogens is 2. The number of carboxylic acids is 2. The van der Waals surface area contributed by atoms with Gasteiger partial charge in [-0.3, -0.25) is 19.2 Å². The third-order valence-corrected chi connectivity index (χ3v) is 8.90.